The number of amides is 2. The number of Topliss-reactive ketones (excluding diaryl/α,β-unsaturated/α-hetero) is 1. The van der Waals surface area contributed by atoms with E-state index in [1.165, 1.54) is 12.1 Å². The van der Waals surface area contributed by atoms with Gasteiger partial charge in [-0.25, -0.2) is 4.79 Å². The lowest BCUT2D eigenvalue weighted by Crippen LogP contribution is -2.28. The molecule has 0 spiro atoms. The van der Waals surface area contributed by atoms with Gasteiger partial charge in [0.15, 0.2) is 11.7 Å². The summed E-state index contributed by atoms with van der Waals surface area (Å²) in [6.07, 6.45) is -3.96. The van der Waals surface area contributed by atoms with Crippen molar-refractivity contribution in [2.75, 3.05) is 0 Å². The van der Waals surface area contributed by atoms with E-state index in [1.807, 2.05) is 0 Å². The average Bonchev–Trinajstić information content (AvgIpc) is 2.60. The molecule has 0 saturated carbocycles. The Hall–Kier alpha value is -3.41. The van der Waals surface area contributed by atoms with Gasteiger partial charge in [-0.15, -0.1) is 0 Å². The highest BCUT2D eigenvalue weighted by Crippen LogP contribution is 2.29. The fourth-order valence-electron chi connectivity index (χ4n) is 2.15. The molecule has 1 heterocycles. The zero-order valence-electron chi connectivity index (χ0n) is 13.2. The third-order valence-corrected chi connectivity index (χ3v) is 3.51. The van der Waals surface area contributed by atoms with Crippen LogP contribution in [0.1, 0.15) is 33.1 Å². The number of halogens is 3. The second kappa shape index (κ2) is 7.65. The van der Waals surface area contributed by atoms with E-state index >= 15 is 0 Å². The maximum atomic E-state index is 12.6. The van der Waals surface area contributed by atoms with Gasteiger partial charge in [-0.2, -0.15) is 18.4 Å². The molecule has 1 aromatic carbocycles. The van der Waals surface area contributed by atoms with Gasteiger partial charge in [0.1, 0.15) is 0 Å². The summed E-state index contributed by atoms with van der Waals surface area (Å²) in [4.78, 5) is 26.7. The van der Waals surface area contributed by atoms with Crippen LogP contribution in [-0.2, 0) is 12.7 Å². The number of nitrogens with one attached hydrogen (secondary N) is 1. The normalized spacial score (nSPS) is 12.1. The van der Waals surface area contributed by atoms with Crippen LogP contribution in [0.5, 0.6) is 0 Å². The van der Waals surface area contributed by atoms with Gasteiger partial charge in [0.05, 0.1) is 17.3 Å². The van der Waals surface area contributed by atoms with E-state index in [1.54, 1.807) is 18.2 Å². The standard InChI is InChI=1S/C17H13F3N4O2/c18-17(19,20)12-5-6-14(23-9-12)13(7-21)15(25)11-3-1-10(2-4-11)8-24-16(22)26/h1-6,9,13H,8H2,(H3,22,24,26). The summed E-state index contributed by atoms with van der Waals surface area (Å²) in [7, 11) is 0. The molecule has 0 saturated heterocycles. The molecule has 0 aliphatic rings. The van der Waals surface area contributed by atoms with E-state index in [0.29, 0.717) is 11.8 Å². The molecule has 0 bridgehead atoms. The van der Waals surface area contributed by atoms with E-state index in [0.717, 1.165) is 12.1 Å². The minimum atomic E-state index is -4.55. The Morgan fingerprint density at radius 3 is 2.31 bits per heavy atom. The largest absolute Gasteiger partial charge is 0.417 e. The maximum absolute atomic E-state index is 12.6. The van der Waals surface area contributed by atoms with Crippen molar-refractivity contribution in [1.29, 1.82) is 5.26 Å². The van der Waals surface area contributed by atoms with Gasteiger partial charge in [-0.3, -0.25) is 9.78 Å². The second-order valence-electron chi connectivity index (χ2n) is 5.31. The maximum Gasteiger partial charge on any atom is 0.417 e. The predicted molar refractivity (Wildman–Crippen MR) is 84.8 cm³/mol. The van der Waals surface area contributed by atoms with Crippen molar-refractivity contribution in [2.45, 2.75) is 18.6 Å². The van der Waals surface area contributed by atoms with Crippen LogP contribution in [0.25, 0.3) is 0 Å². The Balaban J connectivity index is 2.18. The van der Waals surface area contributed by atoms with E-state index in [9.17, 15) is 28.0 Å². The van der Waals surface area contributed by atoms with E-state index < -0.39 is 29.5 Å². The number of carbonyl (C=O) groups excluding carboxylic acids is 2. The van der Waals surface area contributed by atoms with Crippen LogP contribution in [0.4, 0.5) is 18.0 Å². The molecule has 9 heteroatoms. The number of hydrogen-bond donors (Lipinski definition) is 2. The van der Waals surface area contributed by atoms with Crippen LogP contribution in [0, 0.1) is 11.3 Å². The molecule has 3 N–H and O–H groups in total. The zero-order chi connectivity index (χ0) is 19.3. The number of nitrogens with zero attached hydrogens (tertiary/aromatic N) is 2. The monoisotopic (exact) mass is 362 g/mol. The molecule has 1 unspecified atom stereocenters. The second-order valence-corrected chi connectivity index (χ2v) is 5.31. The number of benzene rings is 1. The molecular weight excluding hydrogens is 349 g/mol. The van der Waals surface area contributed by atoms with Crippen molar-refractivity contribution < 1.29 is 22.8 Å². The Morgan fingerprint density at radius 2 is 1.85 bits per heavy atom. The fourth-order valence-corrected chi connectivity index (χ4v) is 2.15. The lowest BCUT2D eigenvalue weighted by atomic mass is 9.94. The number of nitriles is 1. The van der Waals surface area contributed by atoms with Gasteiger partial charge < -0.3 is 11.1 Å². The first kappa shape index (κ1) is 18.9. The summed E-state index contributed by atoms with van der Waals surface area (Å²) < 4.78 is 37.7. The molecule has 2 amide bonds. The van der Waals surface area contributed by atoms with Crippen LogP contribution < -0.4 is 11.1 Å². The van der Waals surface area contributed by atoms with E-state index in [2.05, 4.69) is 10.3 Å². The topological polar surface area (TPSA) is 109 Å². The first-order valence-electron chi connectivity index (χ1n) is 7.31. The Labute approximate surface area is 146 Å². The minimum Gasteiger partial charge on any atom is -0.352 e. The van der Waals surface area contributed by atoms with Gasteiger partial charge in [-0.1, -0.05) is 24.3 Å². The van der Waals surface area contributed by atoms with Crippen LogP contribution in [-0.4, -0.2) is 16.8 Å². The predicted octanol–water partition coefficient (Wildman–Crippen LogP) is 2.76. The molecule has 26 heavy (non-hydrogen) atoms. The van der Waals surface area contributed by atoms with Gasteiger partial charge in [0, 0.05) is 18.3 Å². The molecule has 134 valence electrons. The third kappa shape index (κ3) is 4.57. The number of aromatic nitrogens is 1. The summed E-state index contributed by atoms with van der Waals surface area (Å²) in [5.74, 6) is -1.92. The van der Waals surface area contributed by atoms with Crippen LogP contribution >= 0.6 is 0 Å². The molecule has 6 nitrogen and oxygen atoms in total. The number of nitrogens with two attached hydrogens (primary N) is 1. The van der Waals surface area contributed by atoms with Crippen LogP contribution in [0.3, 0.4) is 0 Å². The number of alkyl halides is 3. The molecule has 1 aromatic heterocycles. The highest BCUT2D eigenvalue weighted by Gasteiger charge is 2.31. The van der Waals surface area contributed by atoms with Crippen molar-refractivity contribution in [1.82, 2.24) is 10.3 Å². The molecule has 0 aliphatic carbocycles. The Morgan fingerprint density at radius 1 is 1.19 bits per heavy atom. The van der Waals surface area contributed by atoms with Crippen LogP contribution in [0.2, 0.25) is 0 Å². The number of urea groups is 1. The summed E-state index contributed by atoms with van der Waals surface area (Å²) in [5.41, 5.74) is 4.81. The van der Waals surface area contributed by atoms with Gasteiger partial charge in [0.25, 0.3) is 0 Å². The van der Waals surface area contributed by atoms with Crippen molar-refractivity contribution in [3.63, 3.8) is 0 Å². The fraction of sp³-hybridized carbons (Fsp3) is 0.176. The molecule has 0 fully saturated rings. The number of rotatable bonds is 5. The number of carbonyl (C=O) groups is 2. The number of hydrogen-bond acceptors (Lipinski definition) is 4. The minimum absolute atomic E-state index is 0.0648. The SMILES string of the molecule is N#CC(C(=O)c1ccc(CNC(N)=O)cc1)c1ccc(C(F)(F)F)cn1. The third-order valence-electron chi connectivity index (χ3n) is 3.51. The van der Waals surface area contributed by atoms with E-state index in [4.69, 9.17) is 5.73 Å². The lowest BCUT2D eigenvalue weighted by molar-refractivity contribution is -0.137. The van der Waals surface area contributed by atoms with Crippen LogP contribution in [0.15, 0.2) is 42.6 Å². The lowest BCUT2D eigenvalue weighted by Gasteiger charge is -2.11. The molecule has 0 aliphatic heterocycles. The highest BCUT2D eigenvalue weighted by atomic mass is 19.4. The molecule has 1 atom stereocenters. The molecular formula is C17H13F3N4O2. The molecule has 2 aromatic rings. The summed E-state index contributed by atoms with van der Waals surface area (Å²) in [5, 5.41) is 11.6. The first-order valence-corrected chi connectivity index (χ1v) is 7.31. The van der Waals surface area contributed by atoms with Crippen molar-refractivity contribution in [3.8, 4) is 6.07 Å². The Kier molecular flexibility index (Phi) is 5.57. The van der Waals surface area contributed by atoms with Gasteiger partial charge in [0.2, 0.25) is 0 Å². The number of ketones is 1. The summed E-state index contributed by atoms with van der Waals surface area (Å²) in [6.45, 7) is 0.173. The smallest absolute Gasteiger partial charge is 0.352 e. The number of primary amides is 1. The summed E-state index contributed by atoms with van der Waals surface area (Å²) >= 11 is 0. The average molecular weight is 362 g/mol. The summed E-state index contributed by atoms with van der Waals surface area (Å²) in [6, 6.07) is 8.90. The van der Waals surface area contributed by atoms with Crippen molar-refractivity contribution in [2.24, 2.45) is 5.73 Å². The zero-order valence-corrected chi connectivity index (χ0v) is 13.2. The van der Waals surface area contributed by atoms with Crippen molar-refractivity contribution >= 4 is 11.8 Å². The van der Waals surface area contributed by atoms with Gasteiger partial charge in [-0.05, 0) is 17.7 Å². The molecule has 0 radical (unpaired) electrons. The molecule has 2 rings (SSSR count). The van der Waals surface area contributed by atoms with Gasteiger partial charge >= 0.3 is 12.2 Å². The van der Waals surface area contributed by atoms with Crippen molar-refractivity contribution in [3.05, 3.63) is 65.0 Å². The quantitative estimate of drug-likeness (QED) is 0.797. The highest BCUT2D eigenvalue weighted by molar-refractivity contribution is 6.02. The Bertz CT molecular complexity index is 840. The number of pyridine rings is 1. The first-order chi connectivity index (χ1) is 12.2. The van der Waals surface area contributed by atoms with E-state index in [-0.39, 0.29) is 17.8 Å².